The van der Waals surface area contributed by atoms with E-state index in [1.165, 1.54) is 0 Å². The van der Waals surface area contributed by atoms with Crippen molar-refractivity contribution in [2.45, 2.75) is 45.6 Å². The van der Waals surface area contributed by atoms with Crippen molar-refractivity contribution in [1.29, 1.82) is 0 Å². The van der Waals surface area contributed by atoms with Gasteiger partial charge in [-0.25, -0.2) is 0 Å². The van der Waals surface area contributed by atoms with Gasteiger partial charge in [-0.15, -0.1) is 0 Å². The van der Waals surface area contributed by atoms with E-state index in [4.69, 9.17) is 0 Å². The molecule has 0 radical (unpaired) electrons. The van der Waals surface area contributed by atoms with Crippen molar-refractivity contribution < 1.29 is 9.59 Å². The zero-order valence-corrected chi connectivity index (χ0v) is 14.8. The lowest BCUT2D eigenvalue weighted by atomic mass is 10.1. The summed E-state index contributed by atoms with van der Waals surface area (Å²) in [7, 11) is 0. The number of amides is 2. The maximum atomic E-state index is 12.5. The van der Waals surface area contributed by atoms with Crippen LogP contribution in [0.3, 0.4) is 0 Å². The fourth-order valence-corrected chi connectivity index (χ4v) is 2.88. The molecule has 1 atom stereocenters. The number of hydrogen-bond donors (Lipinski definition) is 3. The number of carbonyl (C=O) groups excluding carboxylic acids is 2. The monoisotopic (exact) mass is 344 g/mol. The van der Waals surface area contributed by atoms with Gasteiger partial charge in [0.25, 0.3) is 11.8 Å². The number of rotatable bonds is 5. The van der Waals surface area contributed by atoms with E-state index in [0.29, 0.717) is 30.4 Å². The van der Waals surface area contributed by atoms with E-state index >= 15 is 0 Å². The van der Waals surface area contributed by atoms with Crippen LogP contribution in [0.2, 0.25) is 0 Å². The highest BCUT2D eigenvalue weighted by molar-refractivity contribution is 5.94. The topological polar surface area (TPSA) is 107 Å². The van der Waals surface area contributed by atoms with E-state index in [1.54, 1.807) is 17.0 Å². The Labute approximate surface area is 146 Å². The van der Waals surface area contributed by atoms with Crippen molar-refractivity contribution in [3.63, 3.8) is 0 Å². The number of aromatic nitrogens is 4. The molecule has 1 unspecified atom stereocenters. The maximum absolute atomic E-state index is 12.5. The highest BCUT2D eigenvalue weighted by Crippen LogP contribution is 2.16. The molecule has 0 bridgehead atoms. The zero-order chi connectivity index (χ0) is 18.0. The van der Waals surface area contributed by atoms with Gasteiger partial charge in [0.05, 0.1) is 0 Å². The van der Waals surface area contributed by atoms with Gasteiger partial charge in [-0.1, -0.05) is 20.8 Å². The van der Waals surface area contributed by atoms with Crippen LogP contribution >= 0.6 is 0 Å². The van der Waals surface area contributed by atoms with Crippen LogP contribution < -0.4 is 5.32 Å². The minimum absolute atomic E-state index is 0.0678. The Hall–Kier alpha value is -2.64. The molecular formula is C17H24N6O2. The minimum atomic E-state index is -0.211. The average molecular weight is 344 g/mol. The molecule has 1 aliphatic rings. The first-order valence-corrected chi connectivity index (χ1v) is 8.67. The molecule has 3 rings (SSSR count). The van der Waals surface area contributed by atoms with Crippen LogP contribution in [0.4, 0.5) is 0 Å². The Bertz CT molecular complexity index is 763. The molecular weight excluding hydrogens is 320 g/mol. The fraction of sp³-hybridized carbons (Fsp3) is 0.529. The molecule has 0 spiro atoms. The molecule has 3 heterocycles. The van der Waals surface area contributed by atoms with Crippen molar-refractivity contribution in [3.8, 4) is 0 Å². The predicted molar refractivity (Wildman–Crippen MR) is 92.4 cm³/mol. The summed E-state index contributed by atoms with van der Waals surface area (Å²) in [6, 6.07) is 3.49. The van der Waals surface area contributed by atoms with Crippen LogP contribution in [0.15, 0.2) is 12.1 Å². The van der Waals surface area contributed by atoms with E-state index in [9.17, 15) is 9.59 Å². The Kier molecular flexibility index (Phi) is 4.87. The second-order valence-electron chi connectivity index (χ2n) is 6.71. The number of aryl methyl sites for hydroxylation is 1. The summed E-state index contributed by atoms with van der Waals surface area (Å²) in [5.41, 5.74) is 2.68. The molecule has 8 heteroatoms. The van der Waals surface area contributed by atoms with Crippen molar-refractivity contribution in [1.82, 2.24) is 30.6 Å². The van der Waals surface area contributed by atoms with Gasteiger partial charge in [-0.2, -0.15) is 10.2 Å². The Morgan fingerprint density at radius 3 is 2.68 bits per heavy atom. The first kappa shape index (κ1) is 17.2. The SMILES string of the molecule is CCc1cc(C(=O)NC2CCN(C(=O)c3cc(C(C)C)[nH]n3)C2)n[nH]1. The summed E-state index contributed by atoms with van der Waals surface area (Å²) >= 11 is 0. The van der Waals surface area contributed by atoms with Crippen LogP contribution in [-0.2, 0) is 6.42 Å². The van der Waals surface area contributed by atoms with E-state index < -0.39 is 0 Å². The summed E-state index contributed by atoms with van der Waals surface area (Å²) in [5, 5.41) is 16.8. The molecule has 0 aromatic carbocycles. The maximum Gasteiger partial charge on any atom is 0.274 e. The third-order valence-corrected chi connectivity index (χ3v) is 4.49. The molecule has 3 N–H and O–H groups in total. The third-order valence-electron chi connectivity index (χ3n) is 4.49. The van der Waals surface area contributed by atoms with Gasteiger partial charge in [0.2, 0.25) is 0 Å². The van der Waals surface area contributed by atoms with Crippen LogP contribution in [0.25, 0.3) is 0 Å². The molecule has 0 aliphatic carbocycles. The molecule has 2 aromatic rings. The minimum Gasteiger partial charge on any atom is -0.346 e. The molecule has 0 saturated carbocycles. The van der Waals surface area contributed by atoms with E-state index in [-0.39, 0.29) is 17.9 Å². The molecule has 1 aliphatic heterocycles. The lowest BCUT2D eigenvalue weighted by Crippen LogP contribution is -2.38. The standard InChI is InChI=1S/C17H24N6O2/c1-4-11-7-14(21-19-11)16(24)18-12-5-6-23(9-12)17(25)15-8-13(10(2)3)20-22-15/h7-8,10,12H,4-6,9H2,1-3H3,(H,18,24)(H,19,21)(H,20,22). The normalized spacial score (nSPS) is 17.3. The first-order valence-electron chi connectivity index (χ1n) is 8.67. The summed E-state index contributed by atoms with van der Waals surface area (Å²) in [6.45, 7) is 7.17. The van der Waals surface area contributed by atoms with Gasteiger partial charge >= 0.3 is 0 Å². The van der Waals surface area contributed by atoms with E-state index in [1.807, 2.05) is 20.8 Å². The van der Waals surface area contributed by atoms with Crippen LogP contribution in [0.5, 0.6) is 0 Å². The van der Waals surface area contributed by atoms with Crippen molar-refractivity contribution in [3.05, 3.63) is 34.9 Å². The largest absolute Gasteiger partial charge is 0.346 e. The van der Waals surface area contributed by atoms with Crippen LogP contribution in [-0.4, -0.2) is 56.2 Å². The number of H-pyrrole nitrogens is 2. The van der Waals surface area contributed by atoms with Crippen molar-refractivity contribution in [2.24, 2.45) is 0 Å². The second kappa shape index (κ2) is 7.08. The first-order chi connectivity index (χ1) is 12.0. The van der Waals surface area contributed by atoms with E-state index in [0.717, 1.165) is 24.2 Å². The average Bonchev–Trinajstić information content (AvgIpc) is 3.33. The lowest BCUT2D eigenvalue weighted by Gasteiger charge is -2.15. The highest BCUT2D eigenvalue weighted by Gasteiger charge is 2.29. The van der Waals surface area contributed by atoms with Gasteiger partial charge in [0.1, 0.15) is 11.4 Å². The van der Waals surface area contributed by atoms with Gasteiger partial charge in [-0.3, -0.25) is 19.8 Å². The van der Waals surface area contributed by atoms with Gasteiger partial charge in [0.15, 0.2) is 0 Å². The number of carbonyl (C=O) groups is 2. The van der Waals surface area contributed by atoms with Gasteiger partial charge < -0.3 is 10.2 Å². The predicted octanol–water partition coefficient (Wildman–Crippen LogP) is 1.46. The molecule has 1 fully saturated rings. The molecule has 1 saturated heterocycles. The number of nitrogens with zero attached hydrogens (tertiary/aromatic N) is 3. The number of nitrogens with one attached hydrogen (secondary N) is 3. The van der Waals surface area contributed by atoms with Crippen LogP contribution in [0.1, 0.15) is 65.5 Å². The Morgan fingerprint density at radius 2 is 2.04 bits per heavy atom. The highest BCUT2D eigenvalue weighted by atomic mass is 16.2. The quantitative estimate of drug-likeness (QED) is 0.763. The molecule has 2 amide bonds. The lowest BCUT2D eigenvalue weighted by molar-refractivity contribution is 0.0777. The molecule has 25 heavy (non-hydrogen) atoms. The third kappa shape index (κ3) is 3.72. The van der Waals surface area contributed by atoms with Gasteiger partial charge in [0, 0.05) is 30.5 Å². The Morgan fingerprint density at radius 1 is 1.28 bits per heavy atom. The summed E-state index contributed by atoms with van der Waals surface area (Å²) in [5.74, 6) is -0.0217. The van der Waals surface area contributed by atoms with E-state index in [2.05, 4.69) is 25.7 Å². The fourth-order valence-electron chi connectivity index (χ4n) is 2.88. The number of hydrogen-bond acceptors (Lipinski definition) is 4. The molecule has 2 aromatic heterocycles. The van der Waals surface area contributed by atoms with Crippen molar-refractivity contribution >= 4 is 11.8 Å². The summed E-state index contributed by atoms with van der Waals surface area (Å²) in [6.07, 6.45) is 1.53. The summed E-state index contributed by atoms with van der Waals surface area (Å²) < 4.78 is 0. The molecule has 134 valence electrons. The van der Waals surface area contributed by atoms with Gasteiger partial charge in [-0.05, 0) is 30.9 Å². The molecule has 8 nitrogen and oxygen atoms in total. The van der Waals surface area contributed by atoms with Crippen LogP contribution in [0, 0.1) is 0 Å². The smallest absolute Gasteiger partial charge is 0.274 e. The summed E-state index contributed by atoms with van der Waals surface area (Å²) in [4.78, 5) is 26.5. The van der Waals surface area contributed by atoms with Crippen molar-refractivity contribution in [2.75, 3.05) is 13.1 Å². The number of aromatic amines is 2. The Balaban J connectivity index is 1.57. The number of likely N-dealkylation sites (tertiary alicyclic amines) is 1. The second-order valence-corrected chi connectivity index (χ2v) is 6.71. The zero-order valence-electron chi connectivity index (χ0n) is 14.8.